The van der Waals surface area contributed by atoms with Crippen LogP contribution in [0.1, 0.15) is 24.3 Å². The zero-order valence-electron chi connectivity index (χ0n) is 14.7. The van der Waals surface area contributed by atoms with E-state index in [1.807, 2.05) is 12.3 Å². The van der Waals surface area contributed by atoms with Gasteiger partial charge in [-0.05, 0) is 43.5 Å². The van der Waals surface area contributed by atoms with Crippen LogP contribution >= 0.6 is 11.6 Å². The summed E-state index contributed by atoms with van der Waals surface area (Å²) in [7, 11) is 1.57. The normalized spacial score (nSPS) is 19.3. The Hall–Kier alpha value is -1.96. The molecule has 0 aliphatic carbocycles. The summed E-state index contributed by atoms with van der Waals surface area (Å²) in [4.78, 5) is 19.1. The fourth-order valence-electron chi connectivity index (χ4n) is 3.55. The quantitative estimate of drug-likeness (QED) is 0.882. The van der Waals surface area contributed by atoms with Crippen LogP contribution in [0.2, 0.25) is 5.15 Å². The number of nitrogens with one attached hydrogen (secondary N) is 1. The van der Waals surface area contributed by atoms with Gasteiger partial charge in [-0.3, -0.25) is 9.69 Å². The van der Waals surface area contributed by atoms with E-state index in [2.05, 4.69) is 26.4 Å². The Bertz CT molecular complexity index is 826. The average molecular weight is 376 g/mol. The van der Waals surface area contributed by atoms with Crippen molar-refractivity contribution in [1.82, 2.24) is 19.7 Å². The molecule has 0 bridgehead atoms. The summed E-state index contributed by atoms with van der Waals surface area (Å²) in [5, 5.41) is 7.17. The second-order valence-corrected chi connectivity index (χ2v) is 7.30. The molecule has 0 amide bonds. The second kappa shape index (κ2) is 7.34. The molecular formula is C18H22ClN5O2. The minimum absolute atomic E-state index is 0.243. The van der Waals surface area contributed by atoms with Gasteiger partial charge in [0.1, 0.15) is 11.5 Å². The van der Waals surface area contributed by atoms with Gasteiger partial charge in [0.15, 0.2) is 5.15 Å². The van der Waals surface area contributed by atoms with Crippen molar-refractivity contribution in [1.29, 1.82) is 0 Å². The van der Waals surface area contributed by atoms with Crippen LogP contribution in [0.15, 0.2) is 29.2 Å². The lowest BCUT2D eigenvalue weighted by Crippen LogP contribution is -2.51. The van der Waals surface area contributed by atoms with Crippen molar-refractivity contribution in [3.63, 3.8) is 0 Å². The van der Waals surface area contributed by atoms with Gasteiger partial charge < -0.3 is 10.1 Å². The maximum Gasteiger partial charge on any atom is 0.290 e. The van der Waals surface area contributed by atoms with Gasteiger partial charge in [-0.15, -0.1) is 0 Å². The van der Waals surface area contributed by atoms with Crippen molar-refractivity contribution in [2.45, 2.75) is 24.8 Å². The topological polar surface area (TPSA) is 72.3 Å². The van der Waals surface area contributed by atoms with E-state index in [1.165, 1.54) is 16.3 Å². The Kier molecular flexibility index (Phi) is 4.93. The van der Waals surface area contributed by atoms with Crippen molar-refractivity contribution in [2.75, 3.05) is 31.6 Å². The number of halogens is 1. The largest absolute Gasteiger partial charge is 0.378 e. The van der Waals surface area contributed by atoms with E-state index in [9.17, 15) is 4.79 Å². The molecule has 0 atom stereocenters. The Balaban J connectivity index is 1.40. The Morgan fingerprint density at radius 1 is 1.27 bits per heavy atom. The van der Waals surface area contributed by atoms with Crippen LogP contribution in [0, 0.1) is 0 Å². The molecule has 8 heteroatoms. The highest BCUT2D eigenvalue weighted by Gasteiger charge is 2.30. The van der Waals surface area contributed by atoms with Crippen LogP contribution in [0.25, 0.3) is 0 Å². The number of rotatable bonds is 4. The summed E-state index contributed by atoms with van der Waals surface area (Å²) < 4.78 is 6.50. The zero-order valence-corrected chi connectivity index (χ0v) is 15.4. The number of likely N-dealkylation sites (tertiary alicyclic amines) is 1. The van der Waals surface area contributed by atoms with Crippen LogP contribution in [-0.4, -0.2) is 52.0 Å². The molecule has 0 aromatic carbocycles. The molecule has 0 saturated carbocycles. The first-order valence-electron chi connectivity index (χ1n) is 8.89. The lowest BCUT2D eigenvalue weighted by atomic mass is 9.89. The molecule has 2 aromatic rings. The summed E-state index contributed by atoms with van der Waals surface area (Å²) in [6, 6.07) is 6.14. The smallest absolute Gasteiger partial charge is 0.290 e. The molecule has 0 unspecified atom stereocenters. The van der Waals surface area contributed by atoms with Crippen LogP contribution in [0.5, 0.6) is 0 Å². The number of pyridine rings is 1. The molecule has 1 N–H and O–H groups in total. The number of anilines is 2. The fourth-order valence-corrected chi connectivity index (χ4v) is 3.78. The number of hydrogen-bond acceptors (Lipinski definition) is 6. The van der Waals surface area contributed by atoms with E-state index >= 15 is 0 Å². The summed E-state index contributed by atoms with van der Waals surface area (Å²) in [6.45, 7) is 3.99. The van der Waals surface area contributed by atoms with Crippen LogP contribution < -0.4 is 10.9 Å². The SMILES string of the molecule is Cn1nc(Cl)cc(Nc2ccc(C3CCN(C4COC4)CC3)cn2)c1=O. The first-order valence-corrected chi connectivity index (χ1v) is 9.26. The number of hydrogen-bond donors (Lipinski definition) is 1. The number of aryl methyl sites for hydroxylation is 1. The van der Waals surface area contributed by atoms with Crippen molar-refractivity contribution >= 4 is 23.1 Å². The standard InChI is InChI=1S/C18H22ClN5O2/c1-23-18(25)15(8-16(19)22-23)21-17-3-2-13(9-20-17)12-4-6-24(7-5-12)14-10-26-11-14/h2-3,8-9,12,14H,4-7,10-11H2,1H3,(H,20,21). The first kappa shape index (κ1) is 17.5. The van der Waals surface area contributed by atoms with Gasteiger partial charge in [-0.1, -0.05) is 17.7 Å². The minimum Gasteiger partial charge on any atom is -0.378 e. The van der Waals surface area contributed by atoms with Gasteiger partial charge in [0.05, 0.1) is 19.3 Å². The molecule has 2 aliphatic heterocycles. The van der Waals surface area contributed by atoms with Gasteiger partial charge >= 0.3 is 0 Å². The average Bonchev–Trinajstić information content (AvgIpc) is 2.59. The third-order valence-electron chi connectivity index (χ3n) is 5.22. The highest BCUT2D eigenvalue weighted by atomic mass is 35.5. The summed E-state index contributed by atoms with van der Waals surface area (Å²) >= 11 is 5.92. The summed E-state index contributed by atoms with van der Waals surface area (Å²) in [5.74, 6) is 1.16. The Morgan fingerprint density at radius 2 is 2.04 bits per heavy atom. The van der Waals surface area contributed by atoms with E-state index in [4.69, 9.17) is 16.3 Å². The van der Waals surface area contributed by atoms with Crippen molar-refractivity contribution in [3.8, 4) is 0 Å². The molecule has 0 spiro atoms. The van der Waals surface area contributed by atoms with Crippen molar-refractivity contribution in [3.05, 3.63) is 45.5 Å². The van der Waals surface area contributed by atoms with Crippen molar-refractivity contribution in [2.24, 2.45) is 7.05 Å². The second-order valence-electron chi connectivity index (χ2n) is 6.91. The fraction of sp³-hybridized carbons (Fsp3) is 0.500. The predicted octanol–water partition coefficient (Wildman–Crippen LogP) is 2.15. The Labute approximate surface area is 156 Å². The molecule has 26 heavy (non-hydrogen) atoms. The summed E-state index contributed by atoms with van der Waals surface area (Å²) in [5.41, 5.74) is 1.37. The van der Waals surface area contributed by atoms with Crippen molar-refractivity contribution < 1.29 is 4.74 Å². The van der Waals surface area contributed by atoms with Crippen LogP contribution in [-0.2, 0) is 11.8 Å². The molecule has 2 fully saturated rings. The third-order valence-corrected chi connectivity index (χ3v) is 5.40. The lowest BCUT2D eigenvalue weighted by molar-refractivity contribution is -0.0712. The van der Waals surface area contributed by atoms with E-state index in [-0.39, 0.29) is 10.7 Å². The highest BCUT2D eigenvalue weighted by molar-refractivity contribution is 6.29. The first-order chi connectivity index (χ1) is 12.6. The maximum atomic E-state index is 12.1. The highest BCUT2D eigenvalue weighted by Crippen LogP contribution is 2.30. The van der Waals surface area contributed by atoms with E-state index in [1.54, 1.807) is 7.05 Å². The summed E-state index contributed by atoms with van der Waals surface area (Å²) in [6.07, 6.45) is 4.19. The van der Waals surface area contributed by atoms with Crippen LogP contribution in [0.4, 0.5) is 11.5 Å². The van der Waals surface area contributed by atoms with Gasteiger partial charge in [0.2, 0.25) is 0 Å². The lowest BCUT2D eigenvalue weighted by Gasteiger charge is -2.41. The van der Waals surface area contributed by atoms with Gasteiger partial charge in [0.25, 0.3) is 5.56 Å². The monoisotopic (exact) mass is 375 g/mol. The van der Waals surface area contributed by atoms with Crippen LogP contribution in [0.3, 0.4) is 0 Å². The predicted molar refractivity (Wildman–Crippen MR) is 100 cm³/mol. The molecule has 4 heterocycles. The molecular weight excluding hydrogens is 354 g/mol. The van der Waals surface area contributed by atoms with E-state index in [0.717, 1.165) is 39.1 Å². The van der Waals surface area contributed by atoms with E-state index in [0.29, 0.717) is 23.5 Å². The molecule has 138 valence electrons. The molecule has 7 nitrogen and oxygen atoms in total. The maximum absolute atomic E-state index is 12.1. The molecule has 4 rings (SSSR count). The third kappa shape index (κ3) is 3.60. The number of nitrogens with zero attached hydrogens (tertiary/aromatic N) is 4. The minimum atomic E-state index is -0.243. The number of aromatic nitrogens is 3. The van der Waals surface area contributed by atoms with Gasteiger partial charge in [-0.2, -0.15) is 5.10 Å². The molecule has 2 aliphatic rings. The van der Waals surface area contributed by atoms with E-state index < -0.39 is 0 Å². The molecule has 2 saturated heterocycles. The number of piperidine rings is 1. The molecule has 2 aromatic heterocycles. The van der Waals surface area contributed by atoms with Gasteiger partial charge in [0, 0.05) is 19.3 Å². The Morgan fingerprint density at radius 3 is 2.65 bits per heavy atom. The molecule has 0 radical (unpaired) electrons. The number of ether oxygens (including phenoxy) is 1. The zero-order chi connectivity index (χ0) is 18.1. The van der Waals surface area contributed by atoms with Gasteiger partial charge in [-0.25, -0.2) is 9.67 Å².